The Bertz CT molecular complexity index is 1230. The molecule has 3 aromatic heterocycles. The number of amides is 1. The maximum absolute atomic E-state index is 12.6. The fraction of sp³-hybridized carbons (Fsp3) is 0.318. The van der Waals surface area contributed by atoms with E-state index in [0.717, 1.165) is 52.8 Å². The van der Waals surface area contributed by atoms with E-state index in [1.54, 1.807) is 11.3 Å². The third-order valence-electron chi connectivity index (χ3n) is 5.46. The first-order valence-corrected chi connectivity index (χ1v) is 11.9. The minimum atomic E-state index is -0.0266. The number of nitrogens with one attached hydrogen (secondary N) is 1. The van der Waals surface area contributed by atoms with E-state index in [1.807, 2.05) is 19.9 Å². The van der Waals surface area contributed by atoms with Crippen LogP contribution in [0.15, 0.2) is 36.4 Å². The van der Waals surface area contributed by atoms with Crippen LogP contribution in [0.4, 0.5) is 10.9 Å². The van der Waals surface area contributed by atoms with Crippen molar-refractivity contribution in [2.45, 2.75) is 26.7 Å². The number of anilines is 2. The highest BCUT2D eigenvalue weighted by Gasteiger charge is 2.27. The molecule has 4 heterocycles. The number of carbonyl (C=O) groups excluding carboxylic acids is 1. The molecule has 4 aromatic rings. The number of hydrogen-bond donors (Lipinski definition) is 1. The maximum atomic E-state index is 12.6. The highest BCUT2D eigenvalue weighted by Crippen LogP contribution is 2.37. The van der Waals surface area contributed by atoms with E-state index in [-0.39, 0.29) is 11.8 Å². The zero-order valence-corrected chi connectivity index (χ0v) is 19.0. The molecular weight excluding hydrogens is 428 g/mol. The predicted octanol–water partition coefficient (Wildman–Crippen LogP) is 4.68. The zero-order chi connectivity index (χ0) is 21.4. The normalized spacial score (nSPS) is 14.8. The molecule has 0 bridgehead atoms. The van der Waals surface area contributed by atoms with Crippen LogP contribution in [0.2, 0.25) is 0 Å². The highest BCUT2D eigenvalue weighted by molar-refractivity contribution is 7.22. The molecule has 1 aromatic carbocycles. The number of piperidine rings is 1. The quantitative estimate of drug-likeness (QED) is 0.486. The van der Waals surface area contributed by atoms with Crippen LogP contribution < -0.4 is 10.2 Å². The van der Waals surface area contributed by atoms with E-state index in [4.69, 9.17) is 4.98 Å². The molecular formula is C22H22N6OS2. The van der Waals surface area contributed by atoms with E-state index in [0.29, 0.717) is 5.13 Å². The summed E-state index contributed by atoms with van der Waals surface area (Å²) in [6, 6.07) is 12.6. The van der Waals surface area contributed by atoms with E-state index in [1.165, 1.54) is 21.8 Å². The lowest BCUT2D eigenvalue weighted by Crippen LogP contribution is -2.38. The minimum Gasteiger partial charge on any atom is -0.356 e. The van der Waals surface area contributed by atoms with E-state index in [9.17, 15) is 4.79 Å². The second-order valence-corrected chi connectivity index (χ2v) is 9.88. The van der Waals surface area contributed by atoms with Crippen molar-refractivity contribution < 1.29 is 4.79 Å². The summed E-state index contributed by atoms with van der Waals surface area (Å²) in [6.07, 6.45) is 1.56. The van der Waals surface area contributed by atoms with Crippen molar-refractivity contribution in [1.29, 1.82) is 0 Å². The van der Waals surface area contributed by atoms with Crippen LogP contribution in [0.3, 0.4) is 0 Å². The first-order chi connectivity index (χ1) is 15.1. The number of rotatable bonds is 4. The van der Waals surface area contributed by atoms with Gasteiger partial charge in [0.05, 0.1) is 5.39 Å². The van der Waals surface area contributed by atoms with Gasteiger partial charge in [-0.3, -0.25) is 4.79 Å². The average molecular weight is 451 g/mol. The van der Waals surface area contributed by atoms with Gasteiger partial charge in [0.15, 0.2) is 0 Å². The van der Waals surface area contributed by atoms with Crippen molar-refractivity contribution in [3.8, 4) is 10.4 Å². The molecule has 1 amide bonds. The molecule has 158 valence electrons. The summed E-state index contributed by atoms with van der Waals surface area (Å²) < 4.78 is 0. The molecule has 0 atom stereocenters. The average Bonchev–Trinajstić information content (AvgIpc) is 3.39. The van der Waals surface area contributed by atoms with Gasteiger partial charge < -0.3 is 10.2 Å². The molecule has 0 aliphatic carbocycles. The van der Waals surface area contributed by atoms with Crippen LogP contribution in [-0.4, -0.2) is 39.2 Å². The van der Waals surface area contributed by atoms with Gasteiger partial charge in [-0.1, -0.05) is 41.7 Å². The molecule has 9 heteroatoms. The molecule has 7 nitrogen and oxygen atoms in total. The molecule has 31 heavy (non-hydrogen) atoms. The molecule has 1 aliphatic rings. The minimum absolute atomic E-state index is 0.0266. The topological polar surface area (TPSA) is 83.9 Å². The Kier molecular flexibility index (Phi) is 5.37. The number of nitrogens with zero attached hydrogens (tertiary/aromatic N) is 5. The van der Waals surface area contributed by atoms with Gasteiger partial charge >= 0.3 is 0 Å². The van der Waals surface area contributed by atoms with Gasteiger partial charge in [0.25, 0.3) is 0 Å². The van der Waals surface area contributed by atoms with Gasteiger partial charge in [-0.25, -0.2) is 9.97 Å². The fourth-order valence-electron chi connectivity index (χ4n) is 3.90. The largest absolute Gasteiger partial charge is 0.356 e. The van der Waals surface area contributed by atoms with Gasteiger partial charge in [-0.2, -0.15) is 0 Å². The summed E-state index contributed by atoms with van der Waals surface area (Å²) in [5.74, 6) is 1.75. The van der Waals surface area contributed by atoms with Crippen molar-refractivity contribution in [3.05, 3.63) is 47.2 Å². The first-order valence-electron chi connectivity index (χ1n) is 10.3. The first kappa shape index (κ1) is 20.0. The van der Waals surface area contributed by atoms with Crippen molar-refractivity contribution in [3.63, 3.8) is 0 Å². The second-order valence-electron chi connectivity index (χ2n) is 7.67. The van der Waals surface area contributed by atoms with Crippen molar-refractivity contribution in [1.82, 2.24) is 20.2 Å². The van der Waals surface area contributed by atoms with Crippen LogP contribution in [0.1, 0.15) is 23.7 Å². The maximum Gasteiger partial charge on any atom is 0.229 e. The smallest absolute Gasteiger partial charge is 0.229 e. The van der Waals surface area contributed by atoms with Crippen LogP contribution in [0.25, 0.3) is 20.7 Å². The van der Waals surface area contributed by atoms with Crippen LogP contribution in [0, 0.1) is 19.8 Å². The lowest BCUT2D eigenvalue weighted by atomic mass is 9.96. The monoisotopic (exact) mass is 450 g/mol. The number of hydrogen-bond acceptors (Lipinski definition) is 8. The van der Waals surface area contributed by atoms with E-state index in [2.05, 4.69) is 55.7 Å². The van der Waals surface area contributed by atoms with Gasteiger partial charge in [0.2, 0.25) is 11.0 Å². The van der Waals surface area contributed by atoms with Gasteiger partial charge in [0.1, 0.15) is 21.5 Å². The Morgan fingerprint density at radius 1 is 1.06 bits per heavy atom. The standard InChI is InChI=1S/C22H22N6OS2/c1-13-23-19(17-12-18(31-21(17)24-13)15-6-4-3-5-7-15)28-10-8-16(9-11-28)20(29)25-22-27-26-14(2)30-22/h3-7,12,16H,8-11H2,1-2H3,(H,25,27,29). The Hall–Kier alpha value is -2.91. The Morgan fingerprint density at radius 2 is 1.84 bits per heavy atom. The second kappa shape index (κ2) is 8.32. The molecule has 1 saturated heterocycles. The van der Waals surface area contributed by atoms with Crippen LogP contribution >= 0.6 is 22.7 Å². The lowest BCUT2D eigenvalue weighted by Gasteiger charge is -2.32. The summed E-state index contributed by atoms with van der Waals surface area (Å²) >= 11 is 3.10. The van der Waals surface area contributed by atoms with Crippen molar-refractivity contribution in [2.75, 3.05) is 23.3 Å². The van der Waals surface area contributed by atoms with E-state index >= 15 is 0 Å². The van der Waals surface area contributed by atoms with Gasteiger partial charge in [-0.15, -0.1) is 21.5 Å². The Balaban J connectivity index is 1.34. The molecule has 0 radical (unpaired) electrons. The van der Waals surface area contributed by atoms with Gasteiger partial charge in [-0.05, 0) is 38.3 Å². The van der Waals surface area contributed by atoms with Crippen LogP contribution in [-0.2, 0) is 4.79 Å². The number of thiophene rings is 1. The third-order valence-corrected chi connectivity index (χ3v) is 7.30. The number of carbonyl (C=O) groups is 1. The molecule has 1 aliphatic heterocycles. The Labute approximate surface area is 188 Å². The number of aryl methyl sites for hydroxylation is 2. The summed E-state index contributed by atoms with van der Waals surface area (Å²) in [5, 5.41) is 13.4. The lowest BCUT2D eigenvalue weighted by molar-refractivity contribution is -0.120. The summed E-state index contributed by atoms with van der Waals surface area (Å²) in [5.41, 5.74) is 1.19. The zero-order valence-electron chi connectivity index (χ0n) is 17.3. The highest BCUT2D eigenvalue weighted by atomic mass is 32.1. The molecule has 5 rings (SSSR count). The molecule has 0 saturated carbocycles. The fourth-order valence-corrected chi connectivity index (χ4v) is 5.58. The van der Waals surface area contributed by atoms with Crippen LogP contribution in [0.5, 0.6) is 0 Å². The molecule has 1 N–H and O–H groups in total. The predicted molar refractivity (Wildman–Crippen MR) is 126 cm³/mol. The Morgan fingerprint density at radius 3 is 2.55 bits per heavy atom. The van der Waals surface area contributed by atoms with Crippen molar-refractivity contribution in [2.24, 2.45) is 5.92 Å². The van der Waals surface area contributed by atoms with Crippen molar-refractivity contribution >= 4 is 49.7 Å². The number of aromatic nitrogens is 4. The van der Waals surface area contributed by atoms with Gasteiger partial charge in [0, 0.05) is 23.9 Å². The molecule has 1 fully saturated rings. The molecule has 0 spiro atoms. The summed E-state index contributed by atoms with van der Waals surface area (Å²) in [6.45, 7) is 5.39. The molecule has 0 unspecified atom stereocenters. The number of benzene rings is 1. The SMILES string of the molecule is Cc1nc(N2CCC(C(=O)Nc3nnc(C)s3)CC2)c2cc(-c3ccccc3)sc2n1. The number of fused-ring (bicyclic) bond motifs is 1. The van der Waals surface area contributed by atoms with E-state index < -0.39 is 0 Å². The summed E-state index contributed by atoms with van der Waals surface area (Å²) in [7, 11) is 0. The third kappa shape index (κ3) is 4.15. The summed E-state index contributed by atoms with van der Waals surface area (Å²) in [4.78, 5) is 26.6.